The van der Waals surface area contributed by atoms with E-state index in [4.69, 9.17) is 5.73 Å². The smallest absolute Gasteiger partial charge is 0.377 e. The molecule has 0 saturated carbocycles. The summed E-state index contributed by atoms with van der Waals surface area (Å²) in [6.07, 6.45) is -4.42. The predicted octanol–water partition coefficient (Wildman–Crippen LogP) is 1.68. The lowest BCUT2D eigenvalue weighted by Gasteiger charge is -2.10. The number of anilines is 1. The van der Waals surface area contributed by atoms with Crippen LogP contribution in [0.4, 0.5) is 24.5 Å². The Morgan fingerprint density at radius 1 is 1.43 bits per heavy atom. The molecule has 0 aliphatic heterocycles. The number of nitro benzene ring substituents is 1. The number of halogens is 3. The van der Waals surface area contributed by atoms with Crippen molar-refractivity contribution in [2.24, 2.45) is 5.73 Å². The second kappa shape index (κ2) is 6.88. The molecule has 0 heterocycles. The quantitative estimate of drug-likeness (QED) is 0.453. The number of hydrogen-bond donors (Lipinski definition) is 2. The Hall–Kier alpha value is -2.36. The number of primary amides is 1. The van der Waals surface area contributed by atoms with Crippen molar-refractivity contribution < 1.29 is 27.6 Å². The molecule has 0 saturated heterocycles. The molecule has 0 aromatic heterocycles. The maximum atomic E-state index is 11.8. The van der Waals surface area contributed by atoms with Crippen LogP contribution in [0.1, 0.15) is 10.4 Å². The molecule has 1 aromatic rings. The number of alkyl halides is 3. The summed E-state index contributed by atoms with van der Waals surface area (Å²) < 4.78 is 39.8. The fraction of sp³-hybridized carbons (Fsp3) is 0.364. The van der Waals surface area contributed by atoms with Gasteiger partial charge < -0.3 is 15.8 Å². The predicted molar refractivity (Wildman–Crippen MR) is 67.0 cm³/mol. The second-order valence-electron chi connectivity index (χ2n) is 3.95. The lowest BCUT2D eigenvalue weighted by atomic mass is 10.1. The van der Waals surface area contributed by atoms with E-state index in [2.05, 4.69) is 10.1 Å². The zero-order valence-corrected chi connectivity index (χ0v) is 10.6. The van der Waals surface area contributed by atoms with E-state index in [1.165, 1.54) is 12.1 Å². The van der Waals surface area contributed by atoms with Gasteiger partial charge in [-0.05, 0) is 12.1 Å². The molecule has 1 aromatic carbocycles. The molecule has 0 fully saturated rings. The van der Waals surface area contributed by atoms with Crippen molar-refractivity contribution in [2.75, 3.05) is 25.1 Å². The van der Waals surface area contributed by atoms with Gasteiger partial charge in [0.15, 0.2) is 0 Å². The molecule has 3 N–H and O–H groups in total. The van der Waals surface area contributed by atoms with Crippen molar-refractivity contribution in [3.05, 3.63) is 33.9 Å². The molecule has 0 atom stereocenters. The van der Waals surface area contributed by atoms with Gasteiger partial charge in [0.2, 0.25) is 5.91 Å². The van der Waals surface area contributed by atoms with Gasteiger partial charge >= 0.3 is 6.18 Å². The summed E-state index contributed by atoms with van der Waals surface area (Å²) in [5, 5.41) is 13.4. The van der Waals surface area contributed by atoms with E-state index in [0.717, 1.165) is 6.07 Å². The maximum absolute atomic E-state index is 11.8. The molecule has 1 rings (SSSR count). The first-order valence-corrected chi connectivity index (χ1v) is 5.67. The number of carbonyl (C=O) groups is 1. The van der Waals surface area contributed by atoms with Crippen LogP contribution < -0.4 is 11.1 Å². The van der Waals surface area contributed by atoms with Crippen LogP contribution in [-0.2, 0) is 4.74 Å². The monoisotopic (exact) mass is 307 g/mol. The molecule has 0 spiro atoms. The third-order valence-electron chi connectivity index (χ3n) is 2.31. The Morgan fingerprint density at radius 3 is 2.62 bits per heavy atom. The number of hydrogen-bond acceptors (Lipinski definition) is 5. The molecule has 0 radical (unpaired) electrons. The normalized spacial score (nSPS) is 11.2. The van der Waals surface area contributed by atoms with Crippen LogP contribution in [0.2, 0.25) is 0 Å². The summed E-state index contributed by atoms with van der Waals surface area (Å²) >= 11 is 0. The Labute approximate surface area is 117 Å². The molecule has 0 unspecified atom stereocenters. The van der Waals surface area contributed by atoms with Crippen molar-refractivity contribution in [1.82, 2.24) is 0 Å². The van der Waals surface area contributed by atoms with Crippen LogP contribution in [-0.4, -0.2) is 36.8 Å². The van der Waals surface area contributed by atoms with Gasteiger partial charge in [0.05, 0.1) is 11.5 Å². The van der Waals surface area contributed by atoms with Crippen LogP contribution in [0.25, 0.3) is 0 Å². The average Bonchev–Trinajstić information content (AvgIpc) is 2.36. The first-order valence-electron chi connectivity index (χ1n) is 5.67. The highest BCUT2D eigenvalue weighted by Gasteiger charge is 2.27. The summed E-state index contributed by atoms with van der Waals surface area (Å²) in [4.78, 5) is 21.1. The van der Waals surface area contributed by atoms with Gasteiger partial charge in [-0.1, -0.05) is 0 Å². The fourth-order valence-electron chi connectivity index (χ4n) is 1.43. The Bertz CT molecular complexity index is 534. The van der Waals surface area contributed by atoms with Crippen LogP contribution in [0.3, 0.4) is 0 Å². The molecule has 0 aliphatic carbocycles. The molecule has 0 bridgehead atoms. The number of benzene rings is 1. The summed E-state index contributed by atoms with van der Waals surface area (Å²) in [6.45, 7) is -1.74. The van der Waals surface area contributed by atoms with E-state index < -0.39 is 29.3 Å². The first-order chi connectivity index (χ1) is 9.70. The lowest BCUT2D eigenvalue weighted by Crippen LogP contribution is -2.20. The summed E-state index contributed by atoms with van der Waals surface area (Å²) in [5.74, 6) is -0.821. The van der Waals surface area contributed by atoms with Crippen LogP contribution in [0.5, 0.6) is 0 Å². The molecule has 10 heteroatoms. The fourth-order valence-corrected chi connectivity index (χ4v) is 1.43. The van der Waals surface area contributed by atoms with E-state index >= 15 is 0 Å². The van der Waals surface area contributed by atoms with Crippen molar-refractivity contribution in [3.63, 3.8) is 0 Å². The molecule has 0 aliphatic rings. The van der Waals surface area contributed by atoms with Gasteiger partial charge in [-0.25, -0.2) is 0 Å². The van der Waals surface area contributed by atoms with Crippen molar-refractivity contribution >= 4 is 17.3 Å². The summed E-state index contributed by atoms with van der Waals surface area (Å²) in [5.41, 5.74) is 4.62. The zero-order chi connectivity index (χ0) is 16.0. The number of nitrogens with one attached hydrogen (secondary N) is 1. The van der Waals surface area contributed by atoms with Crippen LogP contribution in [0.15, 0.2) is 18.2 Å². The summed E-state index contributed by atoms with van der Waals surface area (Å²) in [7, 11) is 0. The Morgan fingerprint density at radius 2 is 2.10 bits per heavy atom. The minimum absolute atomic E-state index is 0.0411. The number of carbonyl (C=O) groups excluding carboxylic acids is 1. The number of nitro groups is 1. The van der Waals surface area contributed by atoms with E-state index in [-0.39, 0.29) is 24.4 Å². The maximum Gasteiger partial charge on any atom is 0.411 e. The van der Waals surface area contributed by atoms with E-state index in [1.807, 2.05) is 0 Å². The number of rotatable bonds is 7. The van der Waals surface area contributed by atoms with Gasteiger partial charge in [-0.3, -0.25) is 14.9 Å². The largest absolute Gasteiger partial charge is 0.411 e. The number of ether oxygens (including phenoxy) is 1. The molecule has 7 nitrogen and oxygen atoms in total. The summed E-state index contributed by atoms with van der Waals surface area (Å²) in [6, 6.07) is 3.51. The van der Waals surface area contributed by atoms with E-state index in [0.29, 0.717) is 0 Å². The van der Waals surface area contributed by atoms with Gasteiger partial charge in [0, 0.05) is 18.2 Å². The molecular weight excluding hydrogens is 295 g/mol. The van der Waals surface area contributed by atoms with Crippen LogP contribution >= 0.6 is 0 Å². The zero-order valence-electron chi connectivity index (χ0n) is 10.6. The third kappa shape index (κ3) is 5.65. The minimum atomic E-state index is -4.42. The topological polar surface area (TPSA) is 107 Å². The SMILES string of the molecule is NC(=O)c1ccc(NCCOCC(F)(F)F)c([N+](=O)[O-])c1. The molecule has 21 heavy (non-hydrogen) atoms. The van der Waals surface area contributed by atoms with Crippen molar-refractivity contribution in [2.45, 2.75) is 6.18 Å². The average molecular weight is 307 g/mol. The third-order valence-corrected chi connectivity index (χ3v) is 2.31. The van der Waals surface area contributed by atoms with Crippen molar-refractivity contribution in [1.29, 1.82) is 0 Å². The van der Waals surface area contributed by atoms with Gasteiger partial charge in [-0.15, -0.1) is 0 Å². The van der Waals surface area contributed by atoms with Gasteiger partial charge in [-0.2, -0.15) is 13.2 Å². The molecule has 1 amide bonds. The van der Waals surface area contributed by atoms with E-state index in [1.54, 1.807) is 0 Å². The highest BCUT2D eigenvalue weighted by Crippen LogP contribution is 2.25. The Kier molecular flexibility index (Phi) is 5.47. The highest BCUT2D eigenvalue weighted by atomic mass is 19.4. The van der Waals surface area contributed by atoms with E-state index in [9.17, 15) is 28.1 Å². The van der Waals surface area contributed by atoms with Crippen LogP contribution in [0, 0.1) is 10.1 Å². The second-order valence-corrected chi connectivity index (χ2v) is 3.95. The number of nitrogens with zero attached hydrogens (tertiary/aromatic N) is 1. The first kappa shape index (κ1) is 16.7. The van der Waals surface area contributed by atoms with Gasteiger partial charge in [0.1, 0.15) is 12.3 Å². The minimum Gasteiger partial charge on any atom is -0.377 e. The molecule has 116 valence electrons. The number of amides is 1. The van der Waals surface area contributed by atoms with Gasteiger partial charge in [0.25, 0.3) is 5.69 Å². The highest BCUT2D eigenvalue weighted by molar-refractivity contribution is 5.94. The Balaban J connectivity index is 2.62. The number of nitrogens with two attached hydrogens (primary N) is 1. The molecular formula is C11H12F3N3O4. The van der Waals surface area contributed by atoms with Crippen molar-refractivity contribution in [3.8, 4) is 0 Å². The lowest BCUT2D eigenvalue weighted by molar-refractivity contribution is -0.384. The standard InChI is InChI=1S/C11H12F3N3O4/c12-11(13,14)6-21-4-3-16-8-2-1-7(10(15)18)5-9(8)17(19)20/h1-2,5,16H,3-4,6H2,(H2,15,18).